The Balaban J connectivity index is 1.74. The number of sulfonamides is 1. The number of rotatable bonds is 6. The molecule has 164 valence electrons. The number of nitrogens with zero attached hydrogens (tertiary/aromatic N) is 2. The van der Waals surface area contributed by atoms with Crippen molar-refractivity contribution in [2.75, 3.05) is 6.26 Å². The predicted molar refractivity (Wildman–Crippen MR) is 124 cm³/mol. The number of aromatic nitrogens is 2. The van der Waals surface area contributed by atoms with Crippen LogP contribution in [0.4, 0.5) is 0 Å². The van der Waals surface area contributed by atoms with E-state index in [9.17, 15) is 13.2 Å². The zero-order valence-corrected chi connectivity index (χ0v) is 19.0. The molecule has 0 fully saturated rings. The molecular weight excluding hydrogens is 410 g/mol. The van der Waals surface area contributed by atoms with Gasteiger partial charge in [-0.3, -0.25) is 9.13 Å². The van der Waals surface area contributed by atoms with E-state index in [1.807, 2.05) is 54.9 Å². The molecule has 0 radical (unpaired) electrons. The normalized spacial score (nSPS) is 18.8. The fourth-order valence-corrected chi connectivity index (χ4v) is 5.33. The maximum absolute atomic E-state index is 13.2. The summed E-state index contributed by atoms with van der Waals surface area (Å²) in [5, 5.41) is 0. The largest absolute Gasteiger partial charge is 0.328 e. The van der Waals surface area contributed by atoms with Crippen molar-refractivity contribution in [1.29, 1.82) is 0 Å². The number of hydrogen-bond acceptors (Lipinski definition) is 3. The summed E-state index contributed by atoms with van der Waals surface area (Å²) in [5.74, 6) is 0. The highest BCUT2D eigenvalue weighted by Gasteiger charge is 2.34. The molecule has 4 rings (SSSR count). The molecule has 2 atom stereocenters. The summed E-state index contributed by atoms with van der Waals surface area (Å²) in [6, 6.07) is 17.8. The van der Waals surface area contributed by atoms with Crippen LogP contribution >= 0.6 is 0 Å². The van der Waals surface area contributed by atoms with Gasteiger partial charge in [-0.25, -0.2) is 17.9 Å². The zero-order chi connectivity index (χ0) is 22.2. The smallest absolute Gasteiger partial charge is 0.296 e. The van der Waals surface area contributed by atoms with Crippen LogP contribution in [0.2, 0.25) is 0 Å². The highest BCUT2D eigenvalue weighted by molar-refractivity contribution is 7.88. The fraction of sp³-hybridized carbons (Fsp3) is 0.375. The average molecular weight is 440 g/mol. The highest BCUT2D eigenvalue weighted by Crippen LogP contribution is 2.30. The summed E-state index contributed by atoms with van der Waals surface area (Å²) in [5.41, 5.74) is 4.20. The Labute approximate surface area is 183 Å². The van der Waals surface area contributed by atoms with Crippen LogP contribution in [0.15, 0.2) is 65.6 Å². The minimum absolute atomic E-state index is 0.0500. The number of imidazole rings is 1. The van der Waals surface area contributed by atoms with E-state index < -0.39 is 10.0 Å². The van der Waals surface area contributed by atoms with Crippen LogP contribution in [0.1, 0.15) is 43.6 Å². The van der Waals surface area contributed by atoms with E-state index >= 15 is 0 Å². The average Bonchev–Trinajstić information content (AvgIpc) is 3.07. The molecule has 1 aromatic heterocycles. The number of fused-ring (bicyclic) bond motifs is 1. The third kappa shape index (κ3) is 4.67. The van der Waals surface area contributed by atoms with E-state index in [2.05, 4.69) is 29.0 Å². The Morgan fingerprint density at radius 3 is 2.45 bits per heavy atom. The molecule has 31 heavy (non-hydrogen) atoms. The quantitative estimate of drug-likeness (QED) is 0.638. The van der Waals surface area contributed by atoms with Crippen molar-refractivity contribution in [3.63, 3.8) is 0 Å². The molecule has 0 saturated heterocycles. The molecule has 6 nitrogen and oxygen atoms in total. The molecule has 2 aromatic carbocycles. The maximum Gasteiger partial charge on any atom is 0.328 e. The maximum atomic E-state index is 13.2. The van der Waals surface area contributed by atoms with Gasteiger partial charge in [0, 0.05) is 24.0 Å². The highest BCUT2D eigenvalue weighted by atomic mass is 32.2. The lowest BCUT2D eigenvalue weighted by Crippen LogP contribution is -2.47. The van der Waals surface area contributed by atoms with Crippen LogP contribution in [-0.2, 0) is 22.9 Å². The Kier molecular flexibility index (Phi) is 5.90. The minimum Gasteiger partial charge on any atom is -0.296 e. The lowest BCUT2D eigenvalue weighted by atomic mass is 9.91. The first-order chi connectivity index (χ1) is 14.7. The second kappa shape index (κ2) is 8.48. The third-order valence-electron chi connectivity index (χ3n) is 5.93. The van der Waals surface area contributed by atoms with E-state index in [1.54, 1.807) is 4.57 Å². The van der Waals surface area contributed by atoms with E-state index in [0.717, 1.165) is 22.4 Å². The fourth-order valence-electron chi connectivity index (χ4n) is 4.51. The monoisotopic (exact) mass is 439 g/mol. The summed E-state index contributed by atoms with van der Waals surface area (Å²) < 4.78 is 30.4. The molecule has 2 heterocycles. The minimum atomic E-state index is -3.40. The number of nitrogens with one attached hydrogen (secondary N) is 1. The van der Waals surface area contributed by atoms with Crippen molar-refractivity contribution in [3.8, 4) is 11.1 Å². The molecule has 1 N–H and O–H groups in total. The van der Waals surface area contributed by atoms with Crippen LogP contribution in [0.3, 0.4) is 0 Å². The summed E-state index contributed by atoms with van der Waals surface area (Å²) in [6.07, 6.45) is 5.01. The Bertz CT molecular complexity index is 1230. The second-order valence-corrected chi connectivity index (χ2v) is 10.4. The molecule has 0 aliphatic carbocycles. The van der Waals surface area contributed by atoms with Gasteiger partial charge in [-0.15, -0.1) is 0 Å². The van der Waals surface area contributed by atoms with E-state index in [1.165, 1.54) is 6.26 Å². The van der Waals surface area contributed by atoms with Gasteiger partial charge in [0.05, 0.1) is 12.3 Å². The summed E-state index contributed by atoms with van der Waals surface area (Å²) >= 11 is 0. The Morgan fingerprint density at radius 2 is 1.77 bits per heavy atom. The number of aryl methyl sites for hydroxylation is 1. The first kappa shape index (κ1) is 21.6. The molecule has 2 unspecified atom stereocenters. The van der Waals surface area contributed by atoms with E-state index in [4.69, 9.17) is 0 Å². The lowest BCUT2D eigenvalue weighted by Gasteiger charge is -2.33. The van der Waals surface area contributed by atoms with Gasteiger partial charge in [-0.1, -0.05) is 54.6 Å². The molecule has 1 aliphatic heterocycles. The molecule has 0 bridgehead atoms. The van der Waals surface area contributed by atoms with Crippen molar-refractivity contribution in [2.24, 2.45) is 0 Å². The molecule has 0 amide bonds. The Hall–Kier alpha value is -2.64. The SMILES string of the molecule is CC(C)n1cc2n(c1=O)C(Cc1cccc(-c3ccccc3)c1)C(NS(C)(=O)=O)CC2. The second-order valence-electron chi connectivity index (χ2n) is 8.65. The van der Waals surface area contributed by atoms with Gasteiger partial charge in [0.25, 0.3) is 0 Å². The van der Waals surface area contributed by atoms with Crippen LogP contribution in [0.5, 0.6) is 0 Å². The topological polar surface area (TPSA) is 73.1 Å². The summed E-state index contributed by atoms with van der Waals surface area (Å²) in [4.78, 5) is 13.2. The van der Waals surface area contributed by atoms with Crippen molar-refractivity contribution in [3.05, 3.63) is 82.5 Å². The van der Waals surface area contributed by atoms with Crippen LogP contribution < -0.4 is 10.4 Å². The molecule has 3 aromatic rings. The molecule has 7 heteroatoms. The van der Waals surface area contributed by atoms with Gasteiger partial charge in [0.15, 0.2) is 0 Å². The molecule has 0 saturated carbocycles. The Morgan fingerprint density at radius 1 is 1.06 bits per heavy atom. The van der Waals surface area contributed by atoms with Gasteiger partial charge < -0.3 is 0 Å². The zero-order valence-electron chi connectivity index (χ0n) is 18.2. The predicted octanol–water partition coefficient (Wildman–Crippen LogP) is 3.55. The van der Waals surface area contributed by atoms with Crippen LogP contribution in [0.25, 0.3) is 11.1 Å². The third-order valence-corrected chi connectivity index (χ3v) is 6.66. The van der Waals surface area contributed by atoms with Crippen molar-refractivity contribution < 1.29 is 8.42 Å². The van der Waals surface area contributed by atoms with E-state index in [-0.39, 0.29) is 23.8 Å². The summed E-state index contributed by atoms with van der Waals surface area (Å²) in [6.45, 7) is 3.97. The first-order valence-electron chi connectivity index (χ1n) is 10.7. The number of benzene rings is 2. The molecule has 1 aliphatic rings. The van der Waals surface area contributed by atoms with Gasteiger partial charge >= 0.3 is 5.69 Å². The van der Waals surface area contributed by atoms with Crippen molar-refractivity contribution in [1.82, 2.24) is 13.9 Å². The van der Waals surface area contributed by atoms with Gasteiger partial charge in [-0.05, 0) is 49.8 Å². The van der Waals surface area contributed by atoms with Crippen molar-refractivity contribution >= 4 is 10.0 Å². The summed E-state index contributed by atoms with van der Waals surface area (Å²) in [7, 11) is -3.40. The van der Waals surface area contributed by atoms with E-state index in [0.29, 0.717) is 19.3 Å². The van der Waals surface area contributed by atoms with Gasteiger partial charge in [-0.2, -0.15) is 0 Å². The molecule has 0 spiro atoms. The first-order valence-corrected chi connectivity index (χ1v) is 12.6. The van der Waals surface area contributed by atoms with Crippen LogP contribution in [-0.4, -0.2) is 29.8 Å². The number of hydrogen-bond donors (Lipinski definition) is 1. The standard InChI is InChI=1S/C24H29N3O3S/c1-17(2)26-16-21-12-13-22(25-31(3,29)30)23(27(21)24(26)28)15-18-8-7-11-20(14-18)19-9-5-4-6-10-19/h4-11,14,16-17,22-23,25H,12-13,15H2,1-3H3. The van der Waals surface area contributed by atoms with Gasteiger partial charge in [0.2, 0.25) is 10.0 Å². The molecular formula is C24H29N3O3S. The lowest BCUT2D eigenvalue weighted by molar-refractivity contribution is 0.315. The van der Waals surface area contributed by atoms with Crippen LogP contribution in [0, 0.1) is 0 Å². The van der Waals surface area contributed by atoms with Crippen molar-refractivity contribution in [2.45, 2.75) is 51.2 Å². The van der Waals surface area contributed by atoms with Gasteiger partial charge in [0.1, 0.15) is 0 Å².